The van der Waals surface area contributed by atoms with Crippen LogP contribution < -0.4 is 16.5 Å². The molecule has 0 spiro atoms. The number of thiocarbonyl (C=S) groups is 1. The number of nitrogens with two attached hydrogens (primary N) is 1. The average Bonchev–Trinajstić information content (AvgIpc) is 2.50. The Hall–Kier alpha value is -1.11. The van der Waals surface area contributed by atoms with Gasteiger partial charge in [0.05, 0.1) is 11.2 Å². The molecular weight excluding hydrogens is 271 g/mol. The van der Waals surface area contributed by atoms with E-state index in [1.165, 1.54) is 0 Å². The van der Waals surface area contributed by atoms with Gasteiger partial charge in [-0.2, -0.15) is 0 Å². The van der Waals surface area contributed by atoms with Gasteiger partial charge in [0.2, 0.25) is 0 Å². The smallest absolute Gasteiger partial charge is 0.399 e. The lowest BCUT2D eigenvalue weighted by atomic mass is 9.78. The minimum absolute atomic E-state index is 0.249. The highest BCUT2D eigenvalue weighted by Crippen LogP contribution is 2.36. The number of benzene rings is 1. The van der Waals surface area contributed by atoms with Crippen LogP contribution in [0.5, 0.6) is 0 Å². The van der Waals surface area contributed by atoms with Gasteiger partial charge in [-0.3, -0.25) is 0 Å². The van der Waals surface area contributed by atoms with E-state index >= 15 is 0 Å². The lowest BCUT2D eigenvalue weighted by Crippen LogP contribution is -2.41. The first kappa shape index (κ1) is 15.3. The van der Waals surface area contributed by atoms with Crippen LogP contribution >= 0.6 is 12.2 Å². The predicted octanol–water partition coefficient (Wildman–Crippen LogP) is 1.95. The summed E-state index contributed by atoms with van der Waals surface area (Å²) in [6, 6.07) is 5.97. The third kappa shape index (κ3) is 2.82. The standard InChI is InChI=1S/C14H21BN2O2S/c1-9-6-7-10(8-11(9)17-12(16)20)15-18-13(2,3)14(4,5)19-15/h6-8H,1-5H3,(H3,16,17,20). The highest BCUT2D eigenvalue weighted by molar-refractivity contribution is 7.80. The molecule has 3 N–H and O–H groups in total. The third-order valence-corrected chi connectivity index (χ3v) is 4.15. The second-order valence-corrected chi connectivity index (χ2v) is 6.59. The normalized spacial score (nSPS) is 19.9. The Morgan fingerprint density at radius 2 is 1.75 bits per heavy atom. The Morgan fingerprint density at radius 3 is 2.25 bits per heavy atom. The van der Waals surface area contributed by atoms with E-state index in [9.17, 15) is 0 Å². The summed E-state index contributed by atoms with van der Waals surface area (Å²) in [5.74, 6) is 0. The van der Waals surface area contributed by atoms with Gasteiger partial charge in [0.15, 0.2) is 5.11 Å². The maximum atomic E-state index is 6.04. The maximum absolute atomic E-state index is 6.04. The van der Waals surface area contributed by atoms with Crippen molar-refractivity contribution in [2.45, 2.75) is 45.8 Å². The van der Waals surface area contributed by atoms with E-state index in [0.29, 0.717) is 0 Å². The van der Waals surface area contributed by atoms with Crippen LogP contribution in [-0.2, 0) is 9.31 Å². The van der Waals surface area contributed by atoms with E-state index in [0.717, 1.165) is 16.7 Å². The predicted molar refractivity (Wildman–Crippen MR) is 87.3 cm³/mol. The number of hydrogen-bond donors (Lipinski definition) is 2. The summed E-state index contributed by atoms with van der Waals surface area (Å²) in [5, 5.41) is 3.23. The minimum atomic E-state index is -0.382. The summed E-state index contributed by atoms with van der Waals surface area (Å²) >= 11 is 4.89. The molecule has 1 fully saturated rings. The van der Waals surface area contributed by atoms with Crippen LogP contribution in [0.25, 0.3) is 0 Å². The van der Waals surface area contributed by atoms with Crippen molar-refractivity contribution in [1.29, 1.82) is 0 Å². The van der Waals surface area contributed by atoms with Gasteiger partial charge in [-0.1, -0.05) is 12.1 Å². The molecule has 0 aromatic heterocycles. The van der Waals surface area contributed by atoms with Crippen molar-refractivity contribution < 1.29 is 9.31 Å². The summed E-state index contributed by atoms with van der Waals surface area (Å²) in [6.07, 6.45) is 0. The molecule has 0 unspecified atom stereocenters. The first-order valence-electron chi connectivity index (χ1n) is 6.65. The molecule has 1 aromatic carbocycles. The van der Waals surface area contributed by atoms with Crippen molar-refractivity contribution in [2.24, 2.45) is 5.73 Å². The second kappa shape index (κ2) is 5.02. The van der Waals surface area contributed by atoms with Crippen LogP contribution in [0.15, 0.2) is 18.2 Å². The summed E-state index contributed by atoms with van der Waals surface area (Å²) in [6.45, 7) is 10.1. The van der Waals surface area contributed by atoms with E-state index in [-0.39, 0.29) is 23.4 Å². The SMILES string of the molecule is Cc1ccc(B2OC(C)(C)C(C)(C)O2)cc1NC(N)=S. The minimum Gasteiger partial charge on any atom is -0.399 e. The average molecular weight is 292 g/mol. The summed E-state index contributed by atoms with van der Waals surface area (Å²) in [5.41, 5.74) is 7.74. The molecule has 0 atom stereocenters. The zero-order valence-corrected chi connectivity index (χ0v) is 13.4. The molecule has 2 rings (SSSR count). The highest BCUT2D eigenvalue weighted by Gasteiger charge is 2.51. The monoisotopic (exact) mass is 292 g/mol. The van der Waals surface area contributed by atoms with Gasteiger partial charge in [0.1, 0.15) is 0 Å². The van der Waals surface area contributed by atoms with Gasteiger partial charge >= 0.3 is 7.12 Å². The Balaban J connectivity index is 2.29. The van der Waals surface area contributed by atoms with Crippen LogP contribution in [0, 0.1) is 6.92 Å². The van der Waals surface area contributed by atoms with Crippen molar-refractivity contribution in [2.75, 3.05) is 5.32 Å². The Kier molecular flexibility index (Phi) is 3.84. The van der Waals surface area contributed by atoms with Gasteiger partial charge in [-0.15, -0.1) is 0 Å². The molecule has 0 amide bonds. The molecule has 1 aromatic rings. The van der Waals surface area contributed by atoms with Crippen molar-refractivity contribution >= 4 is 35.6 Å². The molecular formula is C14H21BN2O2S. The summed E-state index contributed by atoms with van der Waals surface area (Å²) in [7, 11) is -0.382. The van der Waals surface area contributed by atoms with E-state index in [1.807, 2.05) is 52.8 Å². The second-order valence-electron chi connectivity index (χ2n) is 6.15. The number of anilines is 1. The quantitative estimate of drug-likeness (QED) is 0.644. The van der Waals surface area contributed by atoms with E-state index < -0.39 is 0 Å². The zero-order valence-electron chi connectivity index (χ0n) is 12.6. The third-order valence-electron chi connectivity index (χ3n) is 4.04. The first-order valence-corrected chi connectivity index (χ1v) is 7.06. The van der Waals surface area contributed by atoms with Gasteiger partial charge in [0, 0.05) is 5.69 Å². The van der Waals surface area contributed by atoms with E-state index in [1.54, 1.807) is 0 Å². The molecule has 0 aliphatic carbocycles. The van der Waals surface area contributed by atoms with Crippen LogP contribution in [-0.4, -0.2) is 23.4 Å². The molecule has 1 saturated heterocycles. The zero-order chi connectivity index (χ0) is 15.1. The molecule has 1 aliphatic rings. The molecule has 4 nitrogen and oxygen atoms in total. The summed E-state index contributed by atoms with van der Waals surface area (Å²) in [4.78, 5) is 0. The summed E-state index contributed by atoms with van der Waals surface area (Å²) < 4.78 is 12.1. The van der Waals surface area contributed by atoms with Crippen molar-refractivity contribution in [3.63, 3.8) is 0 Å². The van der Waals surface area contributed by atoms with Crippen molar-refractivity contribution in [3.8, 4) is 0 Å². The first-order chi connectivity index (χ1) is 9.12. The fourth-order valence-corrected chi connectivity index (χ4v) is 2.14. The number of rotatable bonds is 2. The number of aryl methyl sites for hydroxylation is 1. The Morgan fingerprint density at radius 1 is 1.20 bits per heavy atom. The van der Waals surface area contributed by atoms with Crippen LogP contribution in [0.3, 0.4) is 0 Å². The fourth-order valence-electron chi connectivity index (χ4n) is 2.03. The van der Waals surface area contributed by atoms with Gasteiger partial charge in [0.25, 0.3) is 0 Å². The Labute approximate surface area is 126 Å². The topological polar surface area (TPSA) is 56.5 Å². The van der Waals surface area contributed by atoms with Crippen molar-refractivity contribution in [3.05, 3.63) is 23.8 Å². The largest absolute Gasteiger partial charge is 0.494 e. The lowest BCUT2D eigenvalue weighted by Gasteiger charge is -2.32. The molecule has 0 bridgehead atoms. The Bertz CT molecular complexity index is 530. The lowest BCUT2D eigenvalue weighted by molar-refractivity contribution is 0.00578. The highest BCUT2D eigenvalue weighted by atomic mass is 32.1. The molecule has 6 heteroatoms. The van der Waals surface area contributed by atoms with E-state index in [2.05, 4.69) is 5.32 Å². The molecule has 108 valence electrons. The maximum Gasteiger partial charge on any atom is 0.494 e. The molecule has 1 heterocycles. The van der Waals surface area contributed by atoms with Crippen LogP contribution in [0.2, 0.25) is 0 Å². The molecule has 20 heavy (non-hydrogen) atoms. The number of nitrogens with one attached hydrogen (secondary N) is 1. The van der Waals surface area contributed by atoms with Gasteiger partial charge in [-0.05, 0) is 63.9 Å². The van der Waals surface area contributed by atoms with Gasteiger partial charge < -0.3 is 20.4 Å². The van der Waals surface area contributed by atoms with E-state index in [4.69, 9.17) is 27.3 Å². The molecule has 0 saturated carbocycles. The number of hydrogen-bond acceptors (Lipinski definition) is 3. The van der Waals surface area contributed by atoms with Crippen LogP contribution in [0.4, 0.5) is 5.69 Å². The van der Waals surface area contributed by atoms with Crippen LogP contribution in [0.1, 0.15) is 33.3 Å². The van der Waals surface area contributed by atoms with Crippen molar-refractivity contribution in [1.82, 2.24) is 0 Å². The molecule has 1 aliphatic heterocycles. The van der Waals surface area contributed by atoms with Gasteiger partial charge in [-0.25, -0.2) is 0 Å². The molecule has 0 radical (unpaired) electrons. The fraction of sp³-hybridized carbons (Fsp3) is 0.500.